The van der Waals surface area contributed by atoms with Crippen LogP contribution in [0, 0.1) is 5.82 Å². The molecule has 2 N–H and O–H groups in total. The average molecular weight is 335 g/mol. The van der Waals surface area contributed by atoms with Crippen LogP contribution >= 0.6 is 38.9 Å². The summed E-state index contributed by atoms with van der Waals surface area (Å²) in [7, 11) is 0. The molecule has 0 radical (unpaired) electrons. The van der Waals surface area contributed by atoms with Gasteiger partial charge < -0.3 is 5.73 Å². The van der Waals surface area contributed by atoms with E-state index in [0.717, 1.165) is 8.66 Å². The minimum atomic E-state index is -0.376. The third-order valence-electron chi connectivity index (χ3n) is 2.41. The first-order valence-electron chi connectivity index (χ1n) is 5.01. The van der Waals surface area contributed by atoms with Crippen LogP contribution in [0.2, 0.25) is 5.02 Å². The van der Waals surface area contributed by atoms with E-state index in [4.69, 9.17) is 17.3 Å². The molecule has 0 saturated carbocycles. The molecule has 1 atom stereocenters. The van der Waals surface area contributed by atoms with Crippen LogP contribution in [0.4, 0.5) is 4.39 Å². The lowest BCUT2D eigenvalue weighted by Gasteiger charge is -2.12. The molecule has 0 bridgehead atoms. The van der Waals surface area contributed by atoms with Gasteiger partial charge in [0.1, 0.15) is 5.82 Å². The lowest BCUT2D eigenvalue weighted by atomic mass is 10.0. The molecule has 0 aliphatic rings. The first-order valence-corrected chi connectivity index (χ1v) is 7.00. The van der Waals surface area contributed by atoms with Gasteiger partial charge in [-0.25, -0.2) is 4.39 Å². The van der Waals surface area contributed by atoms with Crippen LogP contribution in [0.3, 0.4) is 0 Å². The van der Waals surface area contributed by atoms with Crippen molar-refractivity contribution in [1.29, 1.82) is 0 Å². The van der Waals surface area contributed by atoms with Crippen LogP contribution in [0.25, 0.3) is 0 Å². The second-order valence-electron chi connectivity index (χ2n) is 3.68. The summed E-state index contributed by atoms with van der Waals surface area (Å²) in [6.45, 7) is 0. The topological polar surface area (TPSA) is 26.0 Å². The molecule has 17 heavy (non-hydrogen) atoms. The van der Waals surface area contributed by atoms with Crippen molar-refractivity contribution in [2.45, 2.75) is 12.5 Å². The van der Waals surface area contributed by atoms with E-state index in [1.54, 1.807) is 17.4 Å². The fourth-order valence-electron chi connectivity index (χ4n) is 1.59. The predicted octanol–water partition coefficient (Wildman–Crippen LogP) is 4.55. The van der Waals surface area contributed by atoms with Crippen molar-refractivity contribution in [3.8, 4) is 0 Å². The van der Waals surface area contributed by atoms with Crippen LogP contribution in [-0.2, 0) is 6.42 Å². The molecule has 2 rings (SSSR count). The highest BCUT2D eigenvalue weighted by Gasteiger charge is 2.13. The quantitative estimate of drug-likeness (QED) is 0.876. The standard InChI is InChI=1S/C12H10BrClFNS/c13-12-4-2-8(17-12)6-11(16)9-5-7(14)1-3-10(9)15/h1-5,11H,6,16H2. The molecular formula is C12H10BrClFNS. The highest BCUT2D eigenvalue weighted by atomic mass is 79.9. The first-order chi connectivity index (χ1) is 8.06. The summed E-state index contributed by atoms with van der Waals surface area (Å²) in [5.41, 5.74) is 6.46. The van der Waals surface area contributed by atoms with Gasteiger partial charge in [0.25, 0.3) is 0 Å². The zero-order chi connectivity index (χ0) is 12.4. The Bertz CT molecular complexity index is 529. The summed E-state index contributed by atoms with van der Waals surface area (Å²) >= 11 is 10.8. The van der Waals surface area contributed by atoms with Gasteiger partial charge in [0.15, 0.2) is 0 Å². The number of nitrogens with two attached hydrogens (primary N) is 1. The predicted molar refractivity (Wildman–Crippen MR) is 74.1 cm³/mol. The van der Waals surface area contributed by atoms with E-state index >= 15 is 0 Å². The van der Waals surface area contributed by atoms with E-state index in [2.05, 4.69) is 15.9 Å². The fraction of sp³-hybridized carbons (Fsp3) is 0.167. The molecule has 1 heterocycles. The molecule has 1 aromatic carbocycles. The molecule has 0 fully saturated rings. The number of hydrogen-bond acceptors (Lipinski definition) is 2. The Morgan fingerprint density at radius 2 is 2.12 bits per heavy atom. The van der Waals surface area contributed by atoms with E-state index in [9.17, 15) is 4.39 Å². The highest BCUT2D eigenvalue weighted by molar-refractivity contribution is 9.11. The summed E-state index contributed by atoms with van der Waals surface area (Å²) in [5.74, 6) is -0.308. The zero-order valence-electron chi connectivity index (χ0n) is 8.79. The van der Waals surface area contributed by atoms with Gasteiger partial charge in [-0.05, 0) is 46.3 Å². The van der Waals surface area contributed by atoms with Crippen molar-refractivity contribution in [2.24, 2.45) is 5.73 Å². The average Bonchev–Trinajstić information content (AvgIpc) is 2.67. The minimum absolute atomic E-state index is 0.308. The maximum Gasteiger partial charge on any atom is 0.128 e. The Morgan fingerprint density at radius 3 is 2.76 bits per heavy atom. The maximum atomic E-state index is 13.6. The van der Waals surface area contributed by atoms with Crippen molar-refractivity contribution in [1.82, 2.24) is 0 Å². The van der Waals surface area contributed by atoms with Gasteiger partial charge in [-0.3, -0.25) is 0 Å². The molecule has 1 nitrogen and oxygen atoms in total. The molecule has 5 heteroatoms. The summed E-state index contributed by atoms with van der Waals surface area (Å²) in [6.07, 6.45) is 0.605. The lowest BCUT2D eigenvalue weighted by Crippen LogP contribution is -2.14. The van der Waals surface area contributed by atoms with Gasteiger partial charge in [-0.15, -0.1) is 11.3 Å². The third kappa shape index (κ3) is 3.28. The molecule has 0 aliphatic carbocycles. The first kappa shape index (κ1) is 13.0. The molecule has 0 spiro atoms. The van der Waals surface area contributed by atoms with Crippen LogP contribution in [0.5, 0.6) is 0 Å². The van der Waals surface area contributed by atoms with E-state index in [-0.39, 0.29) is 11.9 Å². The Kier molecular flexibility index (Phi) is 4.20. The molecule has 1 aromatic heterocycles. The van der Waals surface area contributed by atoms with Gasteiger partial charge in [-0.1, -0.05) is 11.6 Å². The van der Waals surface area contributed by atoms with Crippen molar-refractivity contribution < 1.29 is 4.39 Å². The van der Waals surface area contributed by atoms with E-state index < -0.39 is 0 Å². The number of halogens is 3. The largest absolute Gasteiger partial charge is 0.324 e. The molecule has 0 saturated heterocycles. The second-order valence-corrected chi connectivity index (χ2v) is 6.67. The molecule has 0 aliphatic heterocycles. The highest BCUT2D eigenvalue weighted by Crippen LogP contribution is 2.27. The number of hydrogen-bond donors (Lipinski definition) is 1. The zero-order valence-corrected chi connectivity index (χ0v) is 11.9. The maximum absolute atomic E-state index is 13.6. The molecule has 90 valence electrons. The third-order valence-corrected chi connectivity index (χ3v) is 4.29. The molecular weight excluding hydrogens is 325 g/mol. The van der Waals surface area contributed by atoms with Gasteiger partial charge in [0.05, 0.1) is 3.79 Å². The lowest BCUT2D eigenvalue weighted by molar-refractivity contribution is 0.581. The number of thiophene rings is 1. The fourth-order valence-corrected chi connectivity index (χ4v) is 3.31. The molecule has 1 unspecified atom stereocenters. The van der Waals surface area contributed by atoms with Crippen molar-refractivity contribution in [3.63, 3.8) is 0 Å². The molecule has 0 amide bonds. The van der Waals surface area contributed by atoms with Crippen LogP contribution in [0.1, 0.15) is 16.5 Å². The Balaban J connectivity index is 2.19. The van der Waals surface area contributed by atoms with Crippen molar-refractivity contribution >= 4 is 38.9 Å². The van der Waals surface area contributed by atoms with E-state index in [1.807, 2.05) is 12.1 Å². The number of benzene rings is 1. The van der Waals surface area contributed by atoms with E-state index in [0.29, 0.717) is 17.0 Å². The van der Waals surface area contributed by atoms with Crippen molar-refractivity contribution in [2.75, 3.05) is 0 Å². The Hall–Kier alpha value is -0.420. The summed E-state index contributed by atoms with van der Waals surface area (Å²) < 4.78 is 14.6. The summed E-state index contributed by atoms with van der Waals surface area (Å²) in [5, 5.41) is 0.504. The summed E-state index contributed by atoms with van der Waals surface area (Å²) in [6, 6.07) is 8.03. The smallest absolute Gasteiger partial charge is 0.128 e. The Morgan fingerprint density at radius 1 is 1.35 bits per heavy atom. The van der Waals surface area contributed by atoms with Crippen LogP contribution in [0.15, 0.2) is 34.1 Å². The normalized spacial score (nSPS) is 12.7. The van der Waals surface area contributed by atoms with Crippen LogP contribution in [-0.4, -0.2) is 0 Å². The van der Waals surface area contributed by atoms with Gasteiger partial charge in [0.2, 0.25) is 0 Å². The van der Waals surface area contributed by atoms with E-state index in [1.165, 1.54) is 12.1 Å². The minimum Gasteiger partial charge on any atom is -0.324 e. The number of rotatable bonds is 3. The van der Waals surface area contributed by atoms with Gasteiger partial charge >= 0.3 is 0 Å². The van der Waals surface area contributed by atoms with Gasteiger partial charge in [0, 0.05) is 27.9 Å². The monoisotopic (exact) mass is 333 g/mol. The van der Waals surface area contributed by atoms with Gasteiger partial charge in [-0.2, -0.15) is 0 Å². The SMILES string of the molecule is NC(Cc1ccc(Br)s1)c1cc(Cl)ccc1F. The summed E-state index contributed by atoms with van der Waals surface area (Å²) in [4.78, 5) is 1.11. The van der Waals surface area contributed by atoms with Crippen LogP contribution < -0.4 is 5.73 Å². The Labute approximate surface area is 117 Å². The van der Waals surface area contributed by atoms with Crippen molar-refractivity contribution in [3.05, 3.63) is 55.4 Å². The second kappa shape index (κ2) is 5.48. The molecule has 2 aromatic rings.